The lowest BCUT2D eigenvalue weighted by atomic mass is 9.79. The number of hydrogen-bond acceptors (Lipinski definition) is 4. The lowest BCUT2D eigenvalue weighted by Gasteiger charge is -2.28. The smallest absolute Gasteiger partial charge is 0.306 e. The van der Waals surface area contributed by atoms with Gasteiger partial charge in [0.2, 0.25) is 10.0 Å². The van der Waals surface area contributed by atoms with E-state index in [0.717, 1.165) is 32.1 Å². The maximum atomic E-state index is 12.0. The number of ether oxygens (including phenoxy) is 1. The van der Waals surface area contributed by atoms with Gasteiger partial charge in [-0.25, -0.2) is 13.1 Å². The highest BCUT2D eigenvalue weighted by molar-refractivity contribution is 7.89. The summed E-state index contributed by atoms with van der Waals surface area (Å²) in [6.07, 6.45) is 4.78. The number of nitrogens with one attached hydrogen (secondary N) is 1. The number of aliphatic carboxylic acids is 1. The van der Waals surface area contributed by atoms with Gasteiger partial charge in [0, 0.05) is 13.2 Å². The zero-order chi connectivity index (χ0) is 14.6. The summed E-state index contributed by atoms with van der Waals surface area (Å²) in [7, 11) is -3.38. The van der Waals surface area contributed by atoms with Crippen LogP contribution in [-0.2, 0) is 19.6 Å². The van der Waals surface area contributed by atoms with E-state index in [9.17, 15) is 18.3 Å². The molecule has 0 aromatic carbocycles. The van der Waals surface area contributed by atoms with Crippen LogP contribution in [-0.4, -0.2) is 44.5 Å². The van der Waals surface area contributed by atoms with Gasteiger partial charge < -0.3 is 9.84 Å². The molecule has 0 aromatic rings. The predicted octanol–water partition coefficient (Wildman–Crippen LogP) is 0.976. The molecule has 2 rings (SSSR count). The number of sulfonamides is 1. The van der Waals surface area contributed by atoms with Crippen LogP contribution in [0, 0.1) is 11.8 Å². The van der Waals surface area contributed by atoms with E-state index in [1.54, 1.807) is 0 Å². The van der Waals surface area contributed by atoms with Crippen molar-refractivity contribution in [3.05, 3.63) is 0 Å². The van der Waals surface area contributed by atoms with Crippen LogP contribution in [0.1, 0.15) is 38.5 Å². The molecular weight excluding hydrogens is 282 g/mol. The van der Waals surface area contributed by atoms with Crippen molar-refractivity contribution in [1.82, 2.24) is 4.72 Å². The first-order valence-electron chi connectivity index (χ1n) is 7.30. The standard InChI is InChI=1S/C13H23NO5S/c15-13(16)12-6-2-1-4-10(12)8-14-20(17,18)9-11-5-3-7-19-11/h10-12,14H,1-9H2,(H,15,16). The summed E-state index contributed by atoms with van der Waals surface area (Å²) in [5, 5.41) is 9.17. The normalized spacial score (nSPS) is 31.3. The first-order chi connectivity index (χ1) is 9.48. The van der Waals surface area contributed by atoms with Gasteiger partial charge in [0.05, 0.1) is 17.8 Å². The van der Waals surface area contributed by atoms with Crippen LogP contribution in [0.5, 0.6) is 0 Å². The maximum Gasteiger partial charge on any atom is 0.306 e. The van der Waals surface area contributed by atoms with Crippen LogP contribution >= 0.6 is 0 Å². The Balaban J connectivity index is 1.84. The van der Waals surface area contributed by atoms with Crippen LogP contribution in [0.4, 0.5) is 0 Å². The molecule has 1 saturated carbocycles. The zero-order valence-corrected chi connectivity index (χ0v) is 12.4. The van der Waals surface area contributed by atoms with E-state index in [1.165, 1.54) is 0 Å². The summed E-state index contributed by atoms with van der Waals surface area (Å²) in [6, 6.07) is 0. The van der Waals surface area contributed by atoms with Gasteiger partial charge in [0.25, 0.3) is 0 Å². The number of rotatable bonds is 6. The van der Waals surface area contributed by atoms with E-state index >= 15 is 0 Å². The highest BCUT2D eigenvalue weighted by Crippen LogP contribution is 2.29. The summed E-state index contributed by atoms with van der Waals surface area (Å²) in [5.74, 6) is -1.35. The van der Waals surface area contributed by atoms with E-state index in [0.29, 0.717) is 13.0 Å². The van der Waals surface area contributed by atoms with Crippen LogP contribution in [0.25, 0.3) is 0 Å². The third-order valence-electron chi connectivity index (χ3n) is 4.22. The van der Waals surface area contributed by atoms with Gasteiger partial charge in [-0.2, -0.15) is 0 Å². The Hall–Kier alpha value is -0.660. The Morgan fingerprint density at radius 3 is 2.60 bits per heavy atom. The molecule has 6 nitrogen and oxygen atoms in total. The van der Waals surface area contributed by atoms with E-state index in [2.05, 4.69) is 4.72 Å². The summed E-state index contributed by atoms with van der Waals surface area (Å²) in [6.45, 7) is 0.857. The highest BCUT2D eigenvalue weighted by atomic mass is 32.2. The second-order valence-electron chi connectivity index (χ2n) is 5.75. The molecule has 2 aliphatic rings. The van der Waals surface area contributed by atoms with E-state index < -0.39 is 21.9 Å². The van der Waals surface area contributed by atoms with Crippen molar-refractivity contribution in [3.8, 4) is 0 Å². The maximum absolute atomic E-state index is 12.0. The second kappa shape index (κ2) is 6.87. The minimum Gasteiger partial charge on any atom is -0.481 e. The van der Waals surface area contributed by atoms with Crippen LogP contribution in [0.2, 0.25) is 0 Å². The predicted molar refractivity (Wildman–Crippen MR) is 73.8 cm³/mol. The Kier molecular flexibility index (Phi) is 5.40. The van der Waals surface area contributed by atoms with Crippen LogP contribution in [0.15, 0.2) is 0 Å². The first kappa shape index (κ1) is 15.7. The molecule has 0 amide bonds. The van der Waals surface area contributed by atoms with Gasteiger partial charge in [-0.1, -0.05) is 12.8 Å². The molecule has 1 heterocycles. The topological polar surface area (TPSA) is 92.7 Å². The average molecular weight is 305 g/mol. The van der Waals surface area contributed by atoms with Gasteiger partial charge in [0.1, 0.15) is 0 Å². The molecule has 116 valence electrons. The SMILES string of the molecule is O=C(O)C1CCCCC1CNS(=O)(=O)CC1CCCO1. The van der Waals surface area contributed by atoms with Crippen molar-refractivity contribution in [1.29, 1.82) is 0 Å². The van der Waals surface area contributed by atoms with E-state index in [-0.39, 0.29) is 24.3 Å². The number of carboxylic acid groups (broad SMARTS) is 1. The van der Waals surface area contributed by atoms with Gasteiger partial charge >= 0.3 is 5.97 Å². The molecule has 0 spiro atoms. The molecule has 0 bridgehead atoms. The quantitative estimate of drug-likeness (QED) is 0.763. The molecule has 2 N–H and O–H groups in total. The number of hydrogen-bond donors (Lipinski definition) is 2. The molecule has 3 unspecified atom stereocenters. The van der Waals surface area contributed by atoms with Crippen molar-refractivity contribution in [3.63, 3.8) is 0 Å². The van der Waals surface area contributed by atoms with Gasteiger partial charge in [-0.3, -0.25) is 4.79 Å². The van der Waals surface area contributed by atoms with Crippen molar-refractivity contribution in [2.24, 2.45) is 11.8 Å². The highest BCUT2D eigenvalue weighted by Gasteiger charge is 2.32. The fraction of sp³-hybridized carbons (Fsp3) is 0.923. The Labute approximate surface area is 119 Å². The monoisotopic (exact) mass is 305 g/mol. The van der Waals surface area contributed by atoms with Gasteiger partial charge in [-0.15, -0.1) is 0 Å². The third-order valence-corrected chi connectivity index (χ3v) is 5.64. The zero-order valence-electron chi connectivity index (χ0n) is 11.6. The molecule has 2 fully saturated rings. The summed E-state index contributed by atoms with van der Waals surface area (Å²) in [5.41, 5.74) is 0. The summed E-state index contributed by atoms with van der Waals surface area (Å²) in [4.78, 5) is 11.2. The fourth-order valence-corrected chi connectivity index (χ4v) is 4.43. The largest absolute Gasteiger partial charge is 0.481 e. The number of carbonyl (C=O) groups is 1. The molecule has 20 heavy (non-hydrogen) atoms. The Morgan fingerprint density at radius 1 is 1.20 bits per heavy atom. The minimum atomic E-state index is -3.38. The lowest BCUT2D eigenvalue weighted by Crippen LogP contribution is -2.39. The fourth-order valence-electron chi connectivity index (χ4n) is 3.09. The minimum absolute atomic E-state index is 0.0164. The van der Waals surface area contributed by atoms with Crippen molar-refractivity contribution < 1.29 is 23.1 Å². The van der Waals surface area contributed by atoms with E-state index in [1.807, 2.05) is 0 Å². The van der Waals surface area contributed by atoms with E-state index in [4.69, 9.17) is 4.74 Å². The molecule has 1 saturated heterocycles. The molecule has 3 atom stereocenters. The third kappa shape index (κ3) is 4.43. The summed E-state index contributed by atoms with van der Waals surface area (Å²) >= 11 is 0. The van der Waals surface area contributed by atoms with Crippen molar-refractivity contribution >= 4 is 16.0 Å². The summed E-state index contributed by atoms with van der Waals surface area (Å²) < 4.78 is 31.8. The second-order valence-corrected chi connectivity index (χ2v) is 7.61. The first-order valence-corrected chi connectivity index (χ1v) is 8.95. The molecule has 7 heteroatoms. The average Bonchev–Trinajstić information content (AvgIpc) is 2.89. The molecule has 0 aromatic heterocycles. The molecular formula is C13H23NO5S. The van der Waals surface area contributed by atoms with Crippen LogP contribution in [0.3, 0.4) is 0 Å². The molecule has 1 aliphatic carbocycles. The Morgan fingerprint density at radius 2 is 1.95 bits per heavy atom. The molecule has 1 aliphatic heterocycles. The van der Waals surface area contributed by atoms with Crippen molar-refractivity contribution in [2.45, 2.75) is 44.6 Å². The molecule has 0 radical (unpaired) electrons. The van der Waals surface area contributed by atoms with Crippen molar-refractivity contribution in [2.75, 3.05) is 18.9 Å². The van der Waals surface area contributed by atoms with Gasteiger partial charge in [-0.05, 0) is 31.6 Å². The van der Waals surface area contributed by atoms with Gasteiger partial charge in [0.15, 0.2) is 0 Å². The Bertz CT molecular complexity index is 430. The van der Waals surface area contributed by atoms with Crippen LogP contribution < -0.4 is 4.72 Å². The lowest BCUT2D eigenvalue weighted by molar-refractivity contribution is -0.144. The number of carboxylic acids is 1.